The second kappa shape index (κ2) is 7.01. The summed E-state index contributed by atoms with van der Waals surface area (Å²) in [6.07, 6.45) is 1.38. The van der Waals surface area contributed by atoms with Crippen LogP contribution in [0.15, 0.2) is 42.7 Å². The minimum Gasteiger partial charge on any atom is -0.497 e. The average Bonchev–Trinajstić information content (AvgIpc) is 3.08. The molecular formula is C18H17N5O2. The lowest BCUT2D eigenvalue weighted by molar-refractivity contribution is -0.131. The van der Waals surface area contributed by atoms with E-state index in [0.717, 1.165) is 22.1 Å². The van der Waals surface area contributed by atoms with Gasteiger partial charge in [-0.15, -0.1) is 10.2 Å². The number of amides is 1. The summed E-state index contributed by atoms with van der Waals surface area (Å²) >= 11 is 0. The Morgan fingerprint density at radius 2 is 2.04 bits per heavy atom. The fourth-order valence-electron chi connectivity index (χ4n) is 2.58. The number of nitrogens with zero attached hydrogens (tertiary/aromatic N) is 5. The summed E-state index contributed by atoms with van der Waals surface area (Å²) in [6, 6.07) is 13.8. The largest absolute Gasteiger partial charge is 0.497 e. The van der Waals surface area contributed by atoms with Crippen LogP contribution in [-0.4, -0.2) is 39.7 Å². The molecule has 7 heteroatoms. The van der Waals surface area contributed by atoms with Gasteiger partial charge in [-0.1, -0.05) is 18.2 Å². The van der Waals surface area contributed by atoms with E-state index in [4.69, 9.17) is 10.00 Å². The van der Waals surface area contributed by atoms with Gasteiger partial charge in [0.05, 0.1) is 7.11 Å². The number of aromatic nitrogens is 3. The maximum absolute atomic E-state index is 12.4. The molecule has 0 saturated carbocycles. The number of hydrogen-bond acceptors (Lipinski definition) is 5. The molecule has 3 rings (SSSR count). The number of hydrogen-bond donors (Lipinski definition) is 0. The molecule has 126 valence electrons. The molecule has 0 aliphatic carbocycles. The number of likely N-dealkylation sites (N-methyl/N-ethyl adjacent to an activating group) is 1. The van der Waals surface area contributed by atoms with E-state index in [9.17, 15) is 4.79 Å². The van der Waals surface area contributed by atoms with Crippen LogP contribution in [0.3, 0.4) is 0 Å². The molecule has 25 heavy (non-hydrogen) atoms. The van der Waals surface area contributed by atoms with Gasteiger partial charge in [-0.25, -0.2) is 0 Å². The van der Waals surface area contributed by atoms with E-state index >= 15 is 0 Å². The molecule has 0 unspecified atom stereocenters. The van der Waals surface area contributed by atoms with Gasteiger partial charge in [0.15, 0.2) is 0 Å². The fraction of sp³-hybridized carbons (Fsp3) is 0.222. The van der Waals surface area contributed by atoms with Crippen LogP contribution in [0.1, 0.15) is 11.4 Å². The first-order chi connectivity index (χ1) is 12.1. The average molecular weight is 335 g/mol. The molecule has 0 N–H and O–H groups in total. The molecule has 0 aliphatic rings. The Morgan fingerprint density at radius 1 is 1.28 bits per heavy atom. The summed E-state index contributed by atoms with van der Waals surface area (Å²) in [6.45, 7) is 0.516. The highest BCUT2D eigenvalue weighted by Crippen LogP contribution is 2.22. The molecule has 0 atom stereocenters. The van der Waals surface area contributed by atoms with Gasteiger partial charge in [-0.3, -0.25) is 9.36 Å². The third-order valence-electron chi connectivity index (χ3n) is 3.98. The van der Waals surface area contributed by atoms with Gasteiger partial charge in [0, 0.05) is 13.6 Å². The van der Waals surface area contributed by atoms with Crippen molar-refractivity contribution >= 4 is 16.7 Å². The van der Waals surface area contributed by atoms with Gasteiger partial charge >= 0.3 is 0 Å². The first-order valence-electron chi connectivity index (χ1n) is 7.69. The lowest BCUT2D eigenvalue weighted by atomic mass is 10.1. The minimum absolute atomic E-state index is 0.0389. The Labute approximate surface area is 145 Å². The summed E-state index contributed by atoms with van der Waals surface area (Å²) in [7, 11) is 3.38. The zero-order valence-electron chi connectivity index (χ0n) is 14.0. The van der Waals surface area contributed by atoms with Gasteiger partial charge in [-0.05, 0) is 34.5 Å². The quantitative estimate of drug-likeness (QED) is 0.712. The second-order valence-electron chi connectivity index (χ2n) is 5.69. The highest BCUT2D eigenvalue weighted by atomic mass is 16.5. The Balaban J connectivity index is 1.71. The molecule has 7 nitrogen and oxygen atoms in total. The maximum atomic E-state index is 12.4. The van der Waals surface area contributed by atoms with Crippen molar-refractivity contribution in [3.05, 3.63) is 54.1 Å². The summed E-state index contributed by atoms with van der Waals surface area (Å²) in [5, 5.41) is 18.4. The van der Waals surface area contributed by atoms with Crippen molar-refractivity contribution in [1.29, 1.82) is 5.26 Å². The molecule has 1 aromatic heterocycles. The third kappa shape index (κ3) is 3.58. The highest BCUT2D eigenvalue weighted by Gasteiger charge is 2.13. The van der Waals surface area contributed by atoms with E-state index in [-0.39, 0.29) is 18.3 Å². The van der Waals surface area contributed by atoms with Crippen molar-refractivity contribution < 1.29 is 9.53 Å². The van der Waals surface area contributed by atoms with Crippen molar-refractivity contribution in [3.8, 4) is 11.8 Å². The van der Waals surface area contributed by atoms with Crippen LogP contribution in [0.2, 0.25) is 0 Å². The van der Waals surface area contributed by atoms with Gasteiger partial charge in [-0.2, -0.15) is 5.26 Å². The first-order valence-corrected chi connectivity index (χ1v) is 7.69. The molecule has 0 aliphatic heterocycles. The highest BCUT2D eigenvalue weighted by molar-refractivity contribution is 5.84. The van der Waals surface area contributed by atoms with E-state index < -0.39 is 0 Å². The smallest absolute Gasteiger partial charge is 0.242 e. The zero-order valence-corrected chi connectivity index (χ0v) is 14.0. The molecule has 2 aromatic carbocycles. The van der Waals surface area contributed by atoms with Crippen molar-refractivity contribution in [2.24, 2.45) is 0 Å². The number of carbonyl (C=O) groups is 1. The molecule has 0 radical (unpaired) electrons. The van der Waals surface area contributed by atoms with Gasteiger partial charge < -0.3 is 9.64 Å². The monoisotopic (exact) mass is 335 g/mol. The predicted molar refractivity (Wildman–Crippen MR) is 91.7 cm³/mol. The number of benzene rings is 2. The summed E-state index contributed by atoms with van der Waals surface area (Å²) in [5.74, 6) is 0.822. The van der Waals surface area contributed by atoms with Crippen LogP contribution in [0.4, 0.5) is 0 Å². The van der Waals surface area contributed by atoms with Crippen molar-refractivity contribution in [1.82, 2.24) is 19.7 Å². The van der Waals surface area contributed by atoms with Crippen LogP contribution in [0, 0.1) is 11.3 Å². The predicted octanol–water partition coefficient (Wildman–Crippen LogP) is 1.97. The number of rotatable bonds is 5. The van der Waals surface area contributed by atoms with Gasteiger partial charge in [0.1, 0.15) is 24.7 Å². The second-order valence-corrected chi connectivity index (χ2v) is 5.69. The fourth-order valence-corrected chi connectivity index (χ4v) is 2.58. The molecule has 1 heterocycles. The van der Waals surface area contributed by atoms with Crippen LogP contribution >= 0.6 is 0 Å². The number of carbonyl (C=O) groups excluding carboxylic acids is 1. The van der Waals surface area contributed by atoms with E-state index in [1.54, 1.807) is 19.1 Å². The molecule has 0 saturated heterocycles. The molecule has 0 bridgehead atoms. The molecule has 1 amide bonds. The van der Waals surface area contributed by atoms with E-state index in [2.05, 4.69) is 16.3 Å². The van der Waals surface area contributed by atoms with Crippen molar-refractivity contribution in [2.75, 3.05) is 14.2 Å². The van der Waals surface area contributed by atoms with Crippen LogP contribution in [0.5, 0.6) is 5.75 Å². The molecule has 3 aromatic rings. The summed E-state index contributed by atoms with van der Waals surface area (Å²) in [5.41, 5.74) is 1.03. The zero-order chi connectivity index (χ0) is 17.8. The normalized spacial score (nSPS) is 10.4. The Morgan fingerprint density at radius 3 is 2.80 bits per heavy atom. The van der Waals surface area contributed by atoms with Crippen molar-refractivity contribution in [2.45, 2.75) is 13.1 Å². The number of methoxy groups -OCH3 is 1. The first kappa shape index (κ1) is 16.5. The van der Waals surface area contributed by atoms with Crippen LogP contribution < -0.4 is 4.74 Å². The third-order valence-corrected chi connectivity index (χ3v) is 3.98. The minimum atomic E-state index is -0.119. The molecular weight excluding hydrogens is 318 g/mol. The van der Waals surface area contributed by atoms with E-state index in [1.165, 1.54) is 10.9 Å². The summed E-state index contributed by atoms with van der Waals surface area (Å²) in [4.78, 5) is 14.0. The summed E-state index contributed by atoms with van der Waals surface area (Å²) < 4.78 is 6.67. The Kier molecular flexibility index (Phi) is 4.61. The lowest BCUT2D eigenvalue weighted by Gasteiger charge is -2.18. The SMILES string of the molecule is COc1ccc2cc(CN(C)C(=O)Cn3cnnc3C#N)ccc2c1. The van der Waals surface area contributed by atoms with Gasteiger partial charge in [0.25, 0.3) is 0 Å². The molecule has 0 fully saturated rings. The topological polar surface area (TPSA) is 84.0 Å². The van der Waals surface area contributed by atoms with E-state index in [1.807, 2.05) is 36.4 Å². The van der Waals surface area contributed by atoms with Crippen LogP contribution in [0.25, 0.3) is 10.8 Å². The van der Waals surface area contributed by atoms with Crippen LogP contribution in [-0.2, 0) is 17.9 Å². The van der Waals surface area contributed by atoms with Crippen molar-refractivity contribution in [3.63, 3.8) is 0 Å². The number of fused-ring (bicyclic) bond motifs is 1. The molecule has 0 spiro atoms. The lowest BCUT2D eigenvalue weighted by Crippen LogP contribution is -2.30. The maximum Gasteiger partial charge on any atom is 0.242 e. The Bertz CT molecular complexity index is 957. The number of ether oxygens (including phenoxy) is 1. The van der Waals surface area contributed by atoms with Gasteiger partial charge in [0.2, 0.25) is 11.7 Å². The number of nitriles is 1. The standard InChI is InChI=1S/C18H17N5O2/c1-22(18(24)11-23-12-20-21-17(23)9-19)10-13-3-4-15-8-16(25-2)6-5-14(15)7-13/h3-8,12H,10-11H2,1-2H3. The Hall–Kier alpha value is -3.40. The van der Waals surface area contributed by atoms with E-state index in [0.29, 0.717) is 6.54 Å².